The van der Waals surface area contributed by atoms with Crippen LogP contribution in [-0.2, 0) is 11.3 Å². The first kappa shape index (κ1) is 16.3. The lowest BCUT2D eigenvalue weighted by atomic mass is 10.0. The molecule has 4 rings (SSSR count). The third kappa shape index (κ3) is 3.61. The van der Waals surface area contributed by atoms with Crippen molar-refractivity contribution in [3.8, 4) is 0 Å². The van der Waals surface area contributed by atoms with E-state index in [9.17, 15) is 4.79 Å². The number of carbonyl (C=O) groups is 1. The normalized spacial score (nSPS) is 22.4. The van der Waals surface area contributed by atoms with Gasteiger partial charge >= 0.3 is 0 Å². The van der Waals surface area contributed by atoms with Gasteiger partial charge in [0, 0.05) is 38.1 Å². The van der Waals surface area contributed by atoms with Gasteiger partial charge in [0.25, 0.3) is 0 Å². The van der Waals surface area contributed by atoms with Crippen LogP contribution in [0.3, 0.4) is 0 Å². The van der Waals surface area contributed by atoms with Crippen molar-refractivity contribution in [1.82, 2.24) is 19.4 Å². The minimum absolute atomic E-state index is 0.0602. The van der Waals surface area contributed by atoms with Crippen LogP contribution in [0.1, 0.15) is 37.3 Å². The SMILES string of the molecule is O=C([C@@H]1CCCN1Cc1ccccc1)N1CCC(n2ccnc2)CC1. The summed E-state index contributed by atoms with van der Waals surface area (Å²) in [5.74, 6) is 0.331. The van der Waals surface area contributed by atoms with Crippen LogP contribution in [0.4, 0.5) is 0 Å². The number of nitrogens with zero attached hydrogens (tertiary/aromatic N) is 4. The minimum Gasteiger partial charge on any atom is -0.341 e. The van der Waals surface area contributed by atoms with E-state index in [2.05, 4.69) is 43.6 Å². The molecule has 0 spiro atoms. The van der Waals surface area contributed by atoms with E-state index >= 15 is 0 Å². The van der Waals surface area contributed by atoms with Crippen LogP contribution in [0.25, 0.3) is 0 Å². The van der Waals surface area contributed by atoms with Gasteiger partial charge in [-0.1, -0.05) is 30.3 Å². The highest BCUT2D eigenvalue weighted by molar-refractivity contribution is 5.82. The van der Waals surface area contributed by atoms with Crippen LogP contribution in [0.2, 0.25) is 0 Å². The first-order valence-corrected chi connectivity index (χ1v) is 9.35. The Morgan fingerprint density at radius 2 is 1.88 bits per heavy atom. The Morgan fingerprint density at radius 1 is 1.08 bits per heavy atom. The molecule has 0 aliphatic carbocycles. The van der Waals surface area contributed by atoms with Crippen LogP contribution in [0.5, 0.6) is 0 Å². The molecular weight excluding hydrogens is 312 g/mol. The number of imidazole rings is 1. The Bertz CT molecular complexity index is 677. The average Bonchev–Trinajstić information content (AvgIpc) is 3.34. The molecule has 2 aromatic rings. The summed E-state index contributed by atoms with van der Waals surface area (Å²) in [7, 11) is 0. The fourth-order valence-corrected chi connectivity index (χ4v) is 4.19. The maximum absolute atomic E-state index is 13.1. The van der Waals surface area contributed by atoms with Crippen LogP contribution in [0.15, 0.2) is 49.1 Å². The van der Waals surface area contributed by atoms with E-state index in [1.165, 1.54) is 5.56 Å². The minimum atomic E-state index is 0.0602. The molecule has 1 amide bonds. The lowest BCUT2D eigenvalue weighted by Gasteiger charge is -2.36. The molecule has 2 saturated heterocycles. The highest BCUT2D eigenvalue weighted by atomic mass is 16.2. The number of amides is 1. The maximum Gasteiger partial charge on any atom is 0.239 e. The summed E-state index contributed by atoms with van der Waals surface area (Å²) in [5.41, 5.74) is 1.29. The summed E-state index contributed by atoms with van der Waals surface area (Å²) in [6.07, 6.45) is 9.90. The van der Waals surface area contributed by atoms with E-state index in [4.69, 9.17) is 0 Å². The number of carbonyl (C=O) groups excluding carboxylic acids is 1. The lowest BCUT2D eigenvalue weighted by molar-refractivity contribution is -0.137. The smallest absolute Gasteiger partial charge is 0.239 e. The van der Waals surface area contributed by atoms with Crippen LogP contribution >= 0.6 is 0 Å². The molecule has 0 bridgehead atoms. The number of piperidine rings is 1. The monoisotopic (exact) mass is 338 g/mol. The highest BCUT2D eigenvalue weighted by Gasteiger charge is 2.35. The predicted molar refractivity (Wildman–Crippen MR) is 97.0 cm³/mol. The second-order valence-corrected chi connectivity index (χ2v) is 7.18. The molecule has 1 aromatic heterocycles. The standard InChI is InChI=1S/C20H26N4O/c25-20(22-12-8-18(9-13-22)24-14-10-21-16-24)19-7-4-11-23(19)15-17-5-2-1-3-6-17/h1-3,5-6,10,14,16,18-19H,4,7-9,11-13,15H2/t19-/m0/s1. The molecular formula is C20H26N4O. The first-order valence-electron chi connectivity index (χ1n) is 9.35. The molecule has 25 heavy (non-hydrogen) atoms. The summed E-state index contributed by atoms with van der Waals surface area (Å²) in [6, 6.07) is 11.0. The zero-order valence-corrected chi connectivity index (χ0v) is 14.6. The van der Waals surface area contributed by atoms with Gasteiger partial charge in [-0.05, 0) is 37.8 Å². The molecule has 0 unspecified atom stereocenters. The average molecular weight is 338 g/mol. The van der Waals surface area contributed by atoms with Gasteiger partial charge in [-0.15, -0.1) is 0 Å². The number of aromatic nitrogens is 2. The fourth-order valence-electron chi connectivity index (χ4n) is 4.19. The van der Waals surface area contributed by atoms with Crippen molar-refractivity contribution in [2.75, 3.05) is 19.6 Å². The lowest BCUT2D eigenvalue weighted by Crippen LogP contribution is -2.48. The van der Waals surface area contributed by atoms with Crippen molar-refractivity contribution >= 4 is 5.91 Å². The molecule has 2 fully saturated rings. The van der Waals surface area contributed by atoms with Crippen molar-refractivity contribution in [2.45, 2.75) is 44.3 Å². The summed E-state index contributed by atoms with van der Waals surface area (Å²) in [4.78, 5) is 21.6. The molecule has 1 aromatic carbocycles. The molecule has 3 heterocycles. The van der Waals surface area contributed by atoms with Crippen molar-refractivity contribution in [1.29, 1.82) is 0 Å². The number of hydrogen-bond donors (Lipinski definition) is 0. The molecule has 0 radical (unpaired) electrons. The second-order valence-electron chi connectivity index (χ2n) is 7.18. The Kier molecular flexibility index (Phi) is 4.83. The van der Waals surface area contributed by atoms with E-state index in [0.29, 0.717) is 11.9 Å². The molecule has 0 saturated carbocycles. The van der Waals surface area contributed by atoms with Crippen molar-refractivity contribution in [3.05, 3.63) is 54.6 Å². The fraction of sp³-hybridized carbons (Fsp3) is 0.500. The Balaban J connectivity index is 1.35. The highest BCUT2D eigenvalue weighted by Crippen LogP contribution is 2.26. The molecule has 5 heteroatoms. The van der Waals surface area contributed by atoms with E-state index in [1.54, 1.807) is 0 Å². The number of benzene rings is 1. The molecule has 2 aliphatic heterocycles. The van der Waals surface area contributed by atoms with Gasteiger partial charge in [-0.3, -0.25) is 9.69 Å². The molecule has 1 atom stereocenters. The first-order chi connectivity index (χ1) is 12.3. The summed E-state index contributed by atoms with van der Waals surface area (Å²) < 4.78 is 2.18. The van der Waals surface area contributed by atoms with Crippen LogP contribution in [-0.4, -0.2) is 50.9 Å². The number of likely N-dealkylation sites (tertiary alicyclic amines) is 2. The van der Waals surface area contributed by atoms with Gasteiger partial charge in [0.05, 0.1) is 12.4 Å². The summed E-state index contributed by atoms with van der Waals surface area (Å²) in [5, 5.41) is 0. The largest absolute Gasteiger partial charge is 0.341 e. The number of hydrogen-bond acceptors (Lipinski definition) is 3. The third-order valence-electron chi connectivity index (χ3n) is 5.60. The molecule has 5 nitrogen and oxygen atoms in total. The van der Waals surface area contributed by atoms with E-state index in [0.717, 1.165) is 51.9 Å². The van der Waals surface area contributed by atoms with Crippen molar-refractivity contribution in [2.24, 2.45) is 0 Å². The van der Waals surface area contributed by atoms with Gasteiger partial charge in [-0.2, -0.15) is 0 Å². The molecule has 132 valence electrons. The topological polar surface area (TPSA) is 41.4 Å². The van der Waals surface area contributed by atoms with Gasteiger partial charge in [0.1, 0.15) is 0 Å². The Morgan fingerprint density at radius 3 is 2.60 bits per heavy atom. The van der Waals surface area contributed by atoms with Crippen LogP contribution in [0, 0.1) is 0 Å². The number of rotatable bonds is 4. The van der Waals surface area contributed by atoms with Crippen molar-refractivity contribution < 1.29 is 4.79 Å². The Hall–Kier alpha value is -2.14. The van der Waals surface area contributed by atoms with E-state index < -0.39 is 0 Å². The summed E-state index contributed by atoms with van der Waals surface area (Å²) in [6.45, 7) is 3.62. The zero-order valence-electron chi connectivity index (χ0n) is 14.6. The quantitative estimate of drug-likeness (QED) is 0.861. The van der Waals surface area contributed by atoms with Gasteiger partial charge in [0.15, 0.2) is 0 Å². The summed E-state index contributed by atoms with van der Waals surface area (Å²) >= 11 is 0. The predicted octanol–water partition coefficient (Wildman–Crippen LogP) is 2.71. The second kappa shape index (κ2) is 7.40. The zero-order chi connectivity index (χ0) is 17.1. The van der Waals surface area contributed by atoms with Gasteiger partial charge in [0.2, 0.25) is 5.91 Å². The Labute approximate surface area is 149 Å². The van der Waals surface area contributed by atoms with Crippen molar-refractivity contribution in [3.63, 3.8) is 0 Å². The molecule has 0 N–H and O–H groups in total. The van der Waals surface area contributed by atoms with E-state index in [1.807, 2.05) is 24.8 Å². The van der Waals surface area contributed by atoms with Crippen LogP contribution < -0.4 is 0 Å². The van der Waals surface area contributed by atoms with Gasteiger partial charge < -0.3 is 9.47 Å². The van der Waals surface area contributed by atoms with E-state index in [-0.39, 0.29) is 6.04 Å². The third-order valence-corrected chi connectivity index (χ3v) is 5.60. The maximum atomic E-state index is 13.1. The van der Waals surface area contributed by atoms with Gasteiger partial charge in [-0.25, -0.2) is 4.98 Å². The molecule has 2 aliphatic rings.